The maximum absolute atomic E-state index is 5.96. The molecule has 0 saturated carbocycles. The number of hydrogen-bond donors (Lipinski definition) is 1. The number of hydrogen-bond acceptors (Lipinski definition) is 3. The third-order valence-corrected chi connectivity index (χ3v) is 3.89. The second kappa shape index (κ2) is 5.41. The van der Waals surface area contributed by atoms with E-state index in [-0.39, 0.29) is 0 Å². The van der Waals surface area contributed by atoms with Crippen molar-refractivity contribution in [3.05, 3.63) is 22.8 Å². The van der Waals surface area contributed by atoms with E-state index in [1.807, 2.05) is 0 Å². The Bertz CT molecular complexity index is 434. The van der Waals surface area contributed by atoms with E-state index in [1.54, 1.807) is 0 Å². The van der Waals surface area contributed by atoms with Crippen LogP contribution in [0.2, 0.25) is 0 Å². The van der Waals surface area contributed by atoms with Crippen LogP contribution < -0.4 is 14.8 Å². The number of nitrogens with one attached hydrogen (secondary N) is 1. The average molecular weight is 261 g/mol. The van der Waals surface area contributed by atoms with Gasteiger partial charge in [-0.25, -0.2) is 0 Å². The Morgan fingerprint density at radius 3 is 2.79 bits per heavy atom. The van der Waals surface area contributed by atoms with Crippen LogP contribution in [0.3, 0.4) is 0 Å². The average Bonchev–Trinajstić information content (AvgIpc) is 2.43. The fourth-order valence-electron chi connectivity index (χ4n) is 2.92. The Labute approximate surface area is 115 Å². The second-order valence-electron chi connectivity index (χ2n) is 5.76. The molecule has 0 spiro atoms. The lowest BCUT2D eigenvalue weighted by atomic mass is 9.93. The zero-order chi connectivity index (χ0) is 13.2. The molecule has 0 amide bonds. The van der Waals surface area contributed by atoms with Crippen molar-refractivity contribution in [3.63, 3.8) is 0 Å². The Morgan fingerprint density at radius 1 is 1.16 bits per heavy atom. The standard InChI is InChI=1S/C16H23NO2/c1-11(2)17-10-14-13-6-4-7-18-15(13)9-12-5-3-8-19-16(12)14/h9,11,17H,3-8,10H2,1-2H3. The van der Waals surface area contributed by atoms with E-state index in [4.69, 9.17) is 9.47 Å². The Morgan fingerprint density at radius 2 is 1.95 bits per heavy atom. The van der Waals surface area contributed by atoms with Crippen LogP contribution in [0.25, 0.3) is 0 Å². The summed E-state index contributed by atoms with van der Waals surface area (Å²) in [5.41, 5.74) is 4.02. The Balaban J connectivity index is 2.01. The van der Waals surface area contributed by atoms with Crippen LogP contribution in [0, 0.1) is 0 Å². The highest BCUT2D eigenvalue weighted by molar-refractivity contribution is 5.55. The summed E-state index contributed by atoms with van der Waals surface area (Å²) in [6.45, 7) is 6.94. The summed E-state index contributed by atoms with van der Waals surface area (Å²) in [4.78, 5) is 0. The zero-order valence-corrected chi connectivity index (χ0v) is 11.9. The van der Waals surface area contributed by atoms with Gasteiger partial charge in [0.15, 0.2) is 0 Å². The van der Waals surface area contributed by atoms with E-state index >= 15 is 0 Å². The molecule has 1 N–H and O–H groups in total. The molecule has 3 rings (SSSR count). The van der Waals surface area contributed by atoms with Gasteiger partial charge >= 0.3 is 0 Å². The zero-order valence-electron chi connectivity index (χ0n) is 11.9. The van der Waals surface area contributed by atoms with Crippen LogP contribution >= 0.6 is 0 Å². The molecule has 0 radical (unpaired) electrons. The largest absolute Gasteiger partial charge is 0.493 e. The van der Waals surface area contributed by atoms with Crippen LogP contribution in [0.4, 0.5) is 0 Å². The number of aryl methyl sites for hydroxylation is 1. The monoisotopic (exact) mass is 261 g/mol. The molecule has 3 nitrogen and oxygen atoms in total. The number of rotatable bonds is 3. The van der Waals surface area contributed by atoms with Crippen molar-refractivity contribution < 1.29 is 9.47 Å². The van der Waals surface area contributed by atoms with Gasteiger partial charge in [-0.2, -0.15) is 0 Å². The highest BCUT2D eigenvalue weighted by Gasteiger charge is 2.24. The summed E-state index contributed by atoms with van der Waals surface area (Å²) in [5, 5.41) is 3.53. The van der Waals surface area contributed by atoms with E-state index in [9.17, 15) is 0 Å². The predicted molar refractivity (Wildman–Crippen MR) is 76.0 cm³/mol. The van der Waals surface area contributed by atoms with Crippen molar-refractivity contribution >= 4 is 0 Å². The number of ether oxygens (including phenoxy) is 2. The van der Waals surface area contributed by atoms with Gasteiger partial charge in [-0.1, -0.05) is 13.8 Å². The molecule has 0 aliphatic carbocycles. The molecule has 0 atom stereocenters. The molecule has 0 aromatic heterocycles. The highest BCUT2D eigenvalue weighted by Crippen LogP contribution is 2.39. The van der Waals surface area contributed by atoms with Gasteiger partial charge in [0.25, 0.3) is 0 Å². The first-order valence-electron chi connectivity index (χ1n) is 7.42. The highest BCUT2D eigenvalue weighted by atomic mass is 16.5. The molecule has 3 heteroatoms. The van der Waals surface area contributed by atoms with Crippen LogP contribution in [0.15, 0.2) is 6.07 Å². The maximum atomic E-state index is 5.96. The minimum Gasteiger partial charge on any atom is -0.493 e. The van der Waals surface area contributed by atoms with Crippen LogP contribution in [-0.4, -0.2) is 19.3 Å². The van der Waals surface area contributed by atoms with Gasteiger partial charge in [0.2, 0.25) is 0 Å². The summed E-state index contributed by atoms with van der Waals surface area (Å²) in [7, 11) is 0. The van der Waals surface area contributed by atoms with Crippen molar-refractivity contribution in [2.24, 2.45) is 0 Å². The lowest BCUT2D eigenvalue weighted by Gasteiger charge is -2.28. The van der Waals surface area contributed by atoms with E-state index in [0.29, 0.717) is 6.04 Å². The summed E-state index contributed by atoms with van der Waals surface area (Å²) in [5.74, 6) is 2.22. The van der Waals surface area contributed by atoms with Gasteiger partial charge < -0.3 is 14.8 Å². The van der Waals surface area contributed by atoms with Gasteiger partial charge in [0.05, 0.1) is 13.2 Å². The third-order valence-electron chi connectivity index (χ3n) is 3.89. The van der Waals surface area contributed by atoms with Crippen molar-refractivity contribution in [2.75, 3.05) is 13.2 Å². The van der Waals surface area contributed by atoms with E-state index in [1.165, 1.54) is 16.7 Å². The second-order valence-corrected chi connectivity index (χ2v) is 5.76. The van der Waals surface area contributed by atoms with Crippen LogP contribution in [0.1, 0.15) is 43.4 Å². The molecular formula is C16H23NO2. The Kier molecular flexibility index (Phi) is 3.65. The molecule has 19 heavy (non-hydrogen) atoms. The first-order chi connectivity index (χ1) is 9.25. The summed E-state index contributed by atoms with van der Waals surface area (Å²) in [6.07, 6.45) is 4.45. The summed E-state index contributed by atoms with van der Waals surface area (Å²) in [6, 6.07) is 2.70. The fraction of sp³-hybridized carbons (Fsp3) is 0.625. The first kappa shape index (κ1) is 12.8. The minimum absolute atomic E-state index is 0.486. The molecule has 0 unspecified atom stereocenters. The molecule has 0 bridgehead atoms. The smallest absolute Gasteiger partial charge is 0.127 e. The molecule has 2 aliphatic rings. The van der Waals surface area contributed by atoms with Gasteiger partial charge in [0.1, 0.15) is 11.5 Å². The molecule has 0 fully saturated rings. The van der Waals surface area contributed by atoms with E-state index in [0.717, 1.165) is 56.9 Å². The quantitative estimate of drug-likeness (QED) is 0.907. The Hall–Kier alpha value is -1.22. The van der Waals surface area contributed by atoms with E-state index < -0.39 is 0 Å². The van der Waals surface area contributed by atoms with Gasteiger partial charge in [-0.3, -0.25) is 0 Å². The molecule has 2 heterocycles. The van der Waals surface area contributed by atoms with Crippen molar-refractivity contribution in [1.82, 2.24) is 5.32 Å². The maximum Gasteiger partial charge on any atom is 0.127 e. The van der Waals surface area contributed by atoms with Crippen molar-refractivity contribution in [3.8, 4) is 11.5 Å². The first-order valence-corrected chi connectivity index (χ1v) is 7.42. The molecular weight excluding hydrogens is 238 g/mol. The van der Waals surface area contributed by atoms with Gasteiger partial charge in [-0.15, -0.1) is 0 Å². The molecule has 0 saturated heterocycles. The summed E-state index contributed by atoms with van der Waals surface area (Å²) >= 11 is 0. The molecule has 104 valence electrons. The van der Waals surface area contributed by atoms with Crippen molar-refractivity contribution in [1.29, 1.82) is 0 Å². The van der Waals surface area contributed by atoms with Gasteiger partial charge in [-0.05, 0) is 37.3 Å². The normalized spacial score (nSPS) is 17.4. The van der Waals surface area contributed by atoms with Crippen LogP contribution in [0.5, 0.6) is 11.5 Å². The minimum atomic E-state index is 0.486. The van der Waals surface area contributed by atoms with Crippen molar-refractivity contribution in [2.45, 2.75) is 52.1 Å². The van der Waals surface area contributed by atoms with Gasteiger partial charge in [0, 0.05) is 23.7 Å². The lowest BCUT2D eigenvalue weighted by molar-refractivity contribution is 0.268. The number of benzene rings is 1. The molecule has 1 aromatic carbocycles. The SMILES string of the molecule is CC(C)NCc1c2c(cc3c1OCCC3)OCCC2. The third kappa shape index (κ3) is 2.57. The molecule has 1 aromatic rings. The molecule has 2 aliphatic heterocycles. The van der Waals surface area contributed by atoms with E-state index in [2.05, 4.69) is 25.2 Å². The van der Waals surface area contributed by atoms with Crippen LogP contribution in [-0.2, 0) is 19.4 Å². The topological polar surface area (TPSA) is 30.5 Å². The predicted octanol–water partition coefficient (Wildman–Crippen LogP) is 2.83. The fourth-order valence-corrected chi connectivity index (χ4v) is 2.92. The number of fused-ring (bicyclic) bond motifs is 2. The lowest BCUT2D eigenvalue weighted by Crippen LogP contribution is -2.25. The summed E-state index contributed by atoms with van der Waals surface area (Å²) < 4.78 is 11.8.